The van der Waals surface area contributed by atoms with Gasteiger partial charge in [0.05, 0.1) is 17.1 Å². The number of rotatable bonds is 4. The molecule has 1 aromatic heterocycles. The summed E-state index contributed by atoms with van der Waals surface area (Å²) in [5.74, 6) is 0. The predicted octanol–water partition coefficient (Wildman–Crippen LogP) is 1.31. The van der Waals surface area contributed by atoms with Crippen molar-refractivity contribution in [2.45, 2.75) is 25.3 Å². The van der Waals surface area contributed by atoms with E-state index in [1.54, 1.807) is 19.1 Å². The minimum Gasteiger partial charge on any atom is -0.325 e. The molecule has 0 amide bonds. The molecular weight excluding hydrogens is 276 g/mol. The number of nitrogens with two attached hydrogens (primary N) is 1. The molecule has 1 heterocycles. The van der Waals surface area contributed by atoms with Crippen molar-refractivity contribution in [2.24, 2.45) is 5.73 Å². The molecule has 0 aliphatic carbocycles. The van der Waals surface area contributed by atoms with Crippen LogP contribution in [0.5, 0.6) is 0 Å². The Morgan fingerprint density at radius 3 is 2.55 bits per heavy atom. The molecule has 0 spiro atoms. The lowest BCUT2D eigenvalue weighted by molar-refractivity contribution is 0.592. The Morgan fingerprint density at radius 2 is 1.95 bits per heavy atom. The smallest absolute Gasteiger partial charge is 0.267 e. The number of aryl methyl sites for hydroxylation is 2. The Bertz CT molecular complexity index is 722. The van der Waals surface area contributed by atoms with Crippen LogP contribution in [0.1, 0.15) is 17.0 Å². The van der Waals surface area contributed by atoms with Crippen molar-refractivity contribution in [3.63, 3.8) is 0 Å². The van der Waals surface area contributed by atoms with Gasteiger partial charge in [0.15, 0.2) is 0 Å². The van der Waals surface area contributed by atoms with E-state index in [1.165, 1.54) is 11.4 Å². The van der Waals surface area contributed by atoms with Gasteiger partial charge in [0.25, 0.3) is 10.0 Å². The molecule has 7 heteroatoms. The van der Waals surface area contributed by atoms with Crippen LogP contribution in [0.15, 0.2) is 29.2 Å². The summed E-state index contributed by atoms with van der Waals surface area (Å²) in [6.07, 6.45) is 0. The molecule has 6 nitrogen and oxygen atoms in total. The third-order valence-electron chi connectivity index (χ3n) is 3.23. The Kier molecular flexibility index (Phi) is 3.82. The van der Waals surface area contributed by atoms with Crippen molar-refractivity contribution in [3.8, 4) is 0 Å². The highest BCUT2D eigenvalue weighted by Crippen LogP contribution is 2.27. The molecule has 108 valence electrons. The number of anilines is 1. The molecule has 0 saturated carbocycles. The van der Waals surface area contributed by atoms with Crippen LogP contribution in [0.4, 0.5) is 5.69 Å². The van der Waals surface area contributed by atoms with E-state index < -0.39 is 10.0 Å². The highest BCUT2D eigenvalue weighted by atomic mass is 32.2. The predicted molar refractivity (Wildman–Crippen MR) is 78.0 cm³/mol. The highest BCUT2D eigenvalue weighted by Gasteiger charge is 2.28. The first-order valence-electron chi connectivity index (χ1n) is 6.18. The number of nitrogens with zero attached hydrogens (tertiary/aromatic N) is 2. The zero-order valence-electron chi connectivity index (χ0n) is 11.7. The van der Waals surface area contributed by atoms with Gasteiger partial charge in [0.2, 0.25) is 0 Å². The van der Waals surface area contributed by atoms with E-state index in [-0.39, 0.29) is 11.4 Å². The van der Waals surface area contributed by atoms with Gasteiger partial charge in [-0.2, -0.15) is 5.10 Å². The maximum absolute atomic E-state index is 12.8. The van der Waals surface area contributed by atoms with Gasteiger partial charge in [-0.05, 0) is 25.5 Å². The van der Waals surface area contributed by atoms with Crippen molar-refractivity contribution in [1.29, 1.82) is 0 Å². The molecule has 0 fully saturated rings. The second kappa shape index (κ2) is 5.26. The minimum absolute atomic E-state index is 0.0700. The fraction of sp³-hybridized carbons (Fsp3) is 0.308. The monoisotopic (exact) mass is 294 g/mol. The lowest BCUT2D eigenvalue weighted by Gasteiger charge is -2.21. The van der Waals surface area contributed by atoms with Crippen LogP contribution in [0.3, 0.4) is 0 Å². The summed E-state index contributed by atoms with van der Waals surface area (Å²) >= 11 is 0. The number of aromatic nitrogens is 2. The molecular formula is C13H18N4O2S. The molecule has 0 aliphatic heterocycles. The van der Waals surface area contributed by atoms with E-state index in [9.17, 15) is 8.42 Å². The van der Waals surface area contributed by atoms with Crippen LogP contribution in [0.2, 0.25) is 0 Å². The number of benzene rings is 1. The Hall–Kier alpha value is -1.86. The molecule has 1 aromatic carbocycles. The largest absolute Gasteiger partial charge is 0.325 e. The van der Waals surface area contributed by atoms with Gasteiger partial charge in [-0.3, -0.25) is 9.40 Å². The summed E-state index contributed by atoms with van der Waals surface area (Å²) < 4.78 is 26.8. The van der Waals surface area contributed by atoms with Crippen molar-refractivity contribution in [2.75, 3.05) is 11.4 Å². The second-order valence-corrected chi connectivity index (χ2v) is 6.49. The molecule has 0 unspecified atom stereocenters. The number of sulfonamides is 1. The van der Waals surface area contributed by atoms with Gasteiger partial charge < -0.3 is 5.73 Å². The number of H-pyrrole nitrogens is 1. The molecule has 0 saturated heterocycles. The van der Waals surface area contributed by atoms with E-state index in [0.29, 0.717) is 17.1 Å². The molecule has 0 atom stereocenters. The van der Waals surface area contributed by atoms with E-state index >= 15 is 0 Å². The molecule has 0 bridgehead atoms. The van der Waals surface area contributed by atoms with Crippen molar-refractivity contribution >= 4 is 15.7 Å². The third kappa shape index (κ3) is 2.30. The Balaban J connectivity index is 2.56. The molecule has 0 radical (unpaired) electrons. The zero-order valence-corrected chi connectivity index (χ0v) is 12.5. The fourth-order valence-corrected chi connectivity index (χ4v) is 3.73. The molecule has 2 aromatic rings. The van der Waals surface area contributed by atoms with E-state index in [4.69, 9.17) is 5.73 Å². The molecule has 20 heavy (non-hydrogen) atoms. The standard InChI is InChI=1S/C13H18N4O2S/c1-9-6-4-5-7-12(9)17(3)20(18,19)13-10(2)15-16-11(13)8-14/h4-7H,8,14H2,1-3H3,(H,15,16). The summed E-state index contributed by atoms with van der Waals surface area (Å²) in [5.41, 5.74) is 7.92. The van der Waals surface area contributed by atoms with Crippen molar-refractivity contribution < 1.29 is 8.42 Å². The average Bonchev–Trinajstić information content (AvgIpc) is 2.80. The molecule has 2 rings (SSSR count). The Labute approximate surface area is 118 Å². The van der Waals surface area contributed by atoms with E-state index in [0.717, 1.165) is 5.56 Å². The zero-order chi connectivity index (χ0) is 14.9. The quantitative estimate of drug-likeness (QED) is 0.889. The number of nitrogens with one attached hydrogen (secondary N) is 1. The number of para-hydroxylation sites is 1. The van der Waals surface area contributed by atoms with Gasteiger partial charge in [-0.15, -0.1) is 0 Å². The summed E-state index contributed by atoms with van der Waals surface area (Å²) in [7, 11) is -2.15. The van der Waals surface area contributed by atoms with Crippen LogP contribution < -0.4 is 10.0 Å². The van der Waals surface area contributed by atoms with Crippen molar-refractivity contribution in [1.82, 2.24) is 10.2 Å². The van der Waals surface area contributed by atoms with Crippen molar-refractivity contribution in [3.05, 3.63) is 41.2 Å². The topological polar surface area (TPSA) is 92.1 Å². The number of aromatic amines is 1. The third-order valence-corrected chi connectivity index (χ3v) is 5.20. The van der Waals surface area contributed by atoms with Crippen LogP contribution in [-0.2, 0) is 16.6 Å². The molecule has 0 aliphatic rings. The van der Waals surface area contributed by atoms with E-state index in [1.807, 2.05) is 19.1 Å². The van der Waals surface area contributed by atoms with Gasteiger partial charge in [0.1, 0.15) is 4.90 Å². The van der Waals surface area contributed by atoms with Crippen LogP contribution in [0.25, 0.3) is 0 Å². The second-order valence-electron chi connectivity index (χ2n) is 4.59. The highest BCUT2D eigenvalue weighted by molar-refractivity contribution is 7.92. The first-order valence-corrected chi connectivity index (χ1v) is 7.62. The van der Waals surface area contributed by atoms with E-state index in [2.05, 4.69) is 10.2 Å². The van der Waals surface area contributed by atoms with Crippen LogP contribution in [0, 0.1) is 13.8 Å². The summed E-state index contributed by atoms with van der Waals surface area (Å²) in [6.45, 7) is 3.61. The van der Waals surface area contributed by atoms with Gasteiger partial charge >= 0.3 is 0 Å². The SMILES string of the molecule is Cc1ccccc1N(C)S(=O)(=O)c1c(CN)n[nH]c1C. The minimum atomic E-state index is -3.69. The van der Waals surface area contributed by atoms with Gasteiger partial charge in [-0.25, -0.2) is 8.42 Å². The summed E-state index contributed by atoms with van der Waals surface area (Å²) in [4.78, 5) is 0.158. The summed E-state index contributed by atoms with van der Waals surface area (Å²) in [5, 5.41) is 6.62. The average molecular weight is 294 g/mol. The lowest BCUT2D eigenvalue weighted by atomic mass is 10.2. The van der Waals surface area contributed by atoms with Crippen LogP contribution in [-0.4, -0.2) is 25.7 Å². The number of hydrogen-bond donors (Lipinski definition) is 2. The summed E-state index contributed by atoms with van der Waals surface area (Å²) in [6, 6.07) is 7.31. The lowest BCUT2D eigenvalue weighted by Crippen LogP contribution is -2.28. The normalized spacial score (nSPS) is 11.6. The fourth-order valence-electron chi connectivity index (χ4n) is 2.13. The van der Waals surface area contributed by atoms with Gasteiger partial charge in [0, 0.05) is 13.6 Å². The maximum Gasteiger partial charge on any atom is 0.267 e. The first kappa shape index (κ1) is 14.5. The Morgan fingerprint density at radius 1 is 1.30 bits per heavy atom. The van der Waals surface area contributed by atoms with Crippen LogP contribution >= 0.6 is 0 Å². The molecule has 3 N–H and O–H groups in total. The van der Waals surface area contributed by atoms with Gasteiger partial charge in [-0.1, -0.05) is 18.2 Å². The maximum atomic E-state index is 12.8. The number of hydrogen-bond acceptors (Lipinski definition) is 4. The first-order chi connectivity index (χ1) is 9.39.